The van der Waals surface area contributed by atoms with Crippen molar-refractivity contribution in [2.45, 2.75) is 50.5 Å². The first-order valence-electron chi connectivity index (χ1n) is 6.86. The molecule has 1 aromatic rings. The highest BCUT2D eigenvalue weighted by molar-refractivity contribution is 5.28. The van der Waals surface area contributed by atoms with Crippen LogP contribution in [0.4, 0.5) is 19.1 Å². The van der Waals surface area contributed by atoms with Crippen LogP contribution in [0.15, 0.2) is 12.3 Å². The summed E-state index contributed by atoms with van der Waals surface area (Å²) in [6.07, 6.45) is 0.0991. The largest absolute Gasteiger partial charge is 0.433 e. The van der Waals surface area contributed by atoms with Gasteiger partial charge >= 0.3 is 6.18 Å². The van der Waals surface area contributed by atoms with Gasteiger partial charge in [0, 0.05) is 30.9 Å². The third-order valence-electron chi connectivity index (χ3n) is 3.92. The van der Waals surface area contributed by atoms with Gasteiger partial charge in [0.05, 0.1) is 0 Å². The Morgan fingerprint density at radius 3 is 2.75 bits per heavy atom. The Morgan fingerprint density at radius 1 is 1.35 bits per heavy atom. The maximum Gasteiger partial charge on any atom is 0.433 e. The summed E-state index contributed by atoms with van der Waals surface area (Å²) in [6, 6.07) is 2.14. The molecule has 0 bridgehead atoms. The van der Waals surface area contributed by atoms with Gasteiger partial charge in [-0.15, -0.1) is 0 Å². The molecule has 110 valence electrons. The molecular formula is C13H17F3N4. The number of alkyl halides is 3. The van der Waals surface area contributed by atoms with Gasteiger partial charge in [0.2, 0.25) is 5.95 Å². The minimum absolute atomic E-state index is 0.0645. The lowest BCUT2D eigenvalue weighted by atomic mass is 10.2. The molecule has 2 fully saturated rings. The van der Waals surface area contributed by atoms with Crippen molar-refractivity contribution >= 4 is 5.95 Å². The molecule has 0 amide bonds. The molecule has 0 radical (unpaired) electrons. The molecular weight excluding hydrogens is 269 g/mol. The maximum atomic E-state index is 12.6. The van der Waals surface area contributed by atoms with Gasteiger partial charge in [-0.25, -0.2) is 9.97 Å². The van der Waals surface area contributed by atoms with Crippen molar-refractivity contribution in [3.05, 3.63) is 18.0 Å². The van der Waals surface area contributed by atoms with Crippen LogP contribution in [0.5, 0.6) is 0 Å². The van der Waals surface area contributed by atoms with E-state index >= 15 is 0 Å². The van der Waals surface area contributed by atoms with E-state index in [0.29, 0.717) is 12.1 Å². The summed E-state index contributed by atoms with van der Waals surface area (Å²) >= 11 is 0. The molecule has 2 heterocycles. The molecule has 1 aromatic heterocycles. The van der Waals surface area contributed by atoms with E-state index in [4.69, 9.17) is 0 Å². The molecule has 1 N–H and O–H groups in total. The molecule has 1 aliphatic heterocycles. The number of hydrogen-bond acceptors (Lipinski definition) is 4. The van der Waals surface area contributed by atoms with Gasteiger partial charge in [0.1, 0.15) is 5.69 Å². The van der Waals surface area contributed by atoms with Gasteiger partial charge in [0.25, 0.3) is 0 Å². The highest BCUT2D eigenvalue weighted by atomic mass is 19.4. The van der Waals surface area contributed by atoms with Crippen LogP contribution < -0.4 is 5.32 Å². The molecule has 20 heavy (non-hydrogen) atoms. The number of nitrogens with one attached hydrogen (secondary N) is 1. The number of hydrogen-bond donors (Lipinski definition) is 1. The van der Waals surface area contributed by atoms with Gasteiger partial charge in [-0.05, 0) is 32.3 Å². The number of halogens is 3. The predicted octanol–water partition coefficient (Wildman–Crippen LogP) is 2.53. The third-order valence-corrected chi connectivity index (χ3v) is 3.92. The van der Waals surface area contributed by atoms with Crippen LogP contribution in [0.1, 0.15) is 31.9 Å². The second-order valence-electron chi connectivity index (χ2n) is 5.62. The van der Waals surface area contributed by atoms with Crippen molar-refractivity contribution in [3.8, 4) is 0 Å². The first kappa shape index (κ1) is 13.6. The molecule has 2 atom stereocenters. The summed E-state index contributed by atoms with van der Waals surface area (Å²) in [4.78, 5) is 9.86. The predicted molar refractivity (Wildman–Crippen MR) is 68.3 cm³/mol. The Hall–Kier alpha value is -1.37. The smallest absolute Gasteiger partial charge is 0.350 e. The standard InChI is InChI=1S/C13H17F3N4/c1-8-6-9(7-20(8)10-2-3-10)18-12-17-5-4-11(19-12)13(14,15)16/h4-5,8-10H,2-3,6-7H2,1H3,(H,17,18,19). The summed E-state index contributed by atoms with van der Waals surface area (Å²) in [5, 5.41) is 3.03. The molecule has 1 aliphatic carbocycles. The van der Waals surface area contributed by atoms with Gasteiger partial charge in [-0.3, -0.25) is 4.90 Å². The zero-order chi connectivity index (χ0) is 14.3. The van der Waals surface area contributed by atoms with Crippen molar-refractivity contribution in [2.24, 2.45) is 0 Å². The number of aromatic nitrogens is 2. The van der Waals surface area contributed by atoms with E-state index in [-0.39, 0.29) is 12.0 Å². The van der Waals surface area contributed by atoms with Gasteiger partial charge in [0.15, 0.2) is 0 Å². The van der Waals surface area contributed by atoms with E-state index in [1.807, 2.05) is 0 Å². The Bertz CT molecular complexity index is 487. The summed E-state index contributed by atoms with van der Waals surface area (Å²) in [7, 11) is 0. The minimum atomic E-state index is -4.43. The zero-order valence-corrected chi connectivity index (χ0v) is 11.2. The monoisotopic (exact) mass is 286 g/mol. The Balaban J connectivity index is 1.66. The first-order valence-corrected chi connectivity index (χ1v) is 6.86. The van der Waals surface area contributed by atoms with Crippen molar-refractivity contribution in [1.82, 2.24) is 14.9 Å². The normalized spacial score (nSPS) is 27.8. The lowest BCUT2D eigenvalue weighted by Crippen LogP contribution is -2.31. The average molecular weight is 286 g/mol. The third kappa shape index (κ3) is 2.87. The molecule has 1 saturated carbocycles. The second kappa shape index (κ2) is 4.87. The fraction of sp³-hybridized carbons (Fsp3) is 0.692. The van der Waals surface area contributed by atoms with E-state index in [1.54, 1.807) is 0 Å². The molecule has 0 aromatic carbocycles. The van der Waals surface area contributed by atoms with Crippen molar-refractivity contribution in [1.29, 1.82) is 0 Å². The quantitative estimate of drug-likeness (QED) is 0.927. The average Bonchev–Trinajstić information content (AvgIpc) is 3.14. The van der Waals surface area contributed by atoms with Crippen LogP contribution >= 0.6 is 0 Å². The van der Waals surface area contributed by atoms with E-state index in [1.165, 1.54) is 12.8 Å². The summed E-state index contributed by atoms with van der Waals surface area (Å²) in [6.45, 7) is 3.01. The van der Waals surface area contributed by atoms with E-state index in [9.17, 15) is 13.2 Å². The van der Waals surface area contributed by atoms with Gasteiger partial charge in [-0.1, -0.05) is 0 Å². The van der Waals surface area contributed by atoms with Gasteiger partial charge < -0.3 is 5.32 Å². The maximum absolute atomic E-state index is 12.6. The minimum Gasteiger partial charge on any atom is -0.350 e. The zero-order valence-electron chi connectivity index (χ0n) is 11.2. The molecule has 2 aliphatic rings. The lowest BCUT2D eigenvalue weighted by Gasteiger charge is -2.19. The van der Waals surface area contributed by atoms with Crippen LogP contribution in [0, 0.1) is 0 Å². The summed E-state index contributed by atoms with van der Waals surface area (Å²) < 4.78 is 37.8. The van der Waals surface area contributed by atoms with Crippen molar-refractivity contribution < 1.29 is 13.2 Å². The van der Waals surface area contributed by atoms with Crippen LogP contribution in [0.3, 0.4) is 0 Å². The highest BCUT2D eigenvalue weighted by Crippen LogP contribution is 2.34. The fourth-order valence-corrected chi connectivity index (χ4v) is 2.84. The van der Waals surface area contributed by atoms with Crippen LogP contribution in [-0.2, 0) is 6.18 Å². The SMILES string of the molecule is CC1CC(Nc2nccc(C(F)(F)F)n2)CN1C1CC1. The molecule has 2 unspecified atom stereocenters. The van der Waals surface area contributed by atoms with Crippen molar-refractivity contribution in [2.75, 3.05) is 11.9 Å². The van der Waals surface area contributed by atoms with Crippen LogP contribution in [0.2, 0.25) is 0 Å². The number of likely N-dealkylation sites (tertiary alicyclic amines) is 1. The van der Waals surface area contributed by atoms with Crippen LogP contribution in [-0.4, -0.2) is 39.5 Å². The molecule has 3 rings (SSSR count). The van der Waals surface area contributed by atoms with Crippen molar-refractivity contribution in [3.63, 3.8) is 0 Å². The highest BCUT2D eigenvalue weighted by Gasteiger charge is 2.39. The van der Waals surface area contributed by atoms with E-state index in [2.05, 4.69) is 27.1 Å². The van der Waals surface area contributed by atoms with E-state index in [0.717, 1.165) is 25.2 Å². The summed E-state index contributed by atoms with van der Waals surface area (Å²) in [5.41, 5.74) is -0.903. The fourth-order valence-electron chi connectivity index (χ4n) is 2.84. The van der Waals surface area contributed by atoms with Gasteiger partial charge in [-0.2, -0.15) is 13.2 Å². The number of anilines is 1. The Labute approximate surface area is 115 Å². The number of rotatable bonds is 3. The molecule has 0 spiro atoms. The van der Waals surface area contributed by atoms with E-state index < -0.39 is 11.9 Å². The Morgan fingerprint density at radius 2 is 2.10 bits per heavy atom. The van der Waals surface area contributed by atoms with Crippen LogP contribution in [0.25, 0.3) is 0 Å². The summed E-state index contributed by atoms with van der Waals surface area (Å²) in [5.74, 6) is 0.0645. The lowest BCUT2D eigenvalue weighted by molar-refractivity contribution is -0.141. The molecule has 4 nitrogen and oxygen atoms in total. The number of nitrogens with zero attached hydrogens (tertiary/aromatic N) is 3. The molecule has 7 heteroatoms. The Kier molecular flexibility index (Phi) is 3.32. The first-order chi connectivity index (χ1) is 9.43. The molecule has 1 saturated heterocycles. The topological polar surface area (TPSA) is 41.1 Å². The second-order valence-corrected chi connectivity index (χ2v) is 5.62.